The molecule has 4 aromatic rings. The third kappa shape index (κ3) is 6.50. The zero-order valence-corrected chi connectivity index (χ0v) is 24.1. The number of hydrogen-bond donors (Lipinski definition) is 2. The topological polar surface area (TPSA) is 130 Å². The Hall–Kier alpha value is -3.36. The van der Waals surface area contributed by atoms with Crippen LogP contribution in [0.15, 0.2) is 59.8 Å². The maximum Gasteiger partial charge on any atom is 0.327 e. The third-order valence-electron chi connectivity index (χ3n) is 6.62. The van der Waals surface area contributed by atoms with E-state index in [1.165, 1.54) is 16.8 Å². The number of anilines is 1. The Morgan fingerprint density at radius 2 is 1.90 bits per heavy atom. The van der Waals surface area contributed by atoms with Crippen LogP contribution in [-0.2, 0) is 9.84 Å². The summed E-state index contributed by atoms with van der Waals surface area (Å²) in [6.07, 6.45) is 3.83. The van der Waals surface area contributed by atoms with Crippen LogP contribution in [0.2, 0.25) is 5.02 Å². The van der Waals surface area contributed by atoms with Crippen molar-refractivity contribution < 1.29 is 18.0 Å². The molecule has 2 aromatic heterocycles. The van der Waals surface area contributed by atoms with E-state index in [4.69, 9.17) is 11.6 Å². The number of fused-ring (bicyclic) bond motifs is 1. The first-order valence-electron chi connectivity index (χ1n) is 12.6. The number of amides is 3. The van der Waals surface area contributed by atoms with Gasteiger partial charge < -0.3 is 9.80 Å². The minimum absolute atomic E-state index is 0.0590. The van der Waals surface area contributed by atoms with Crippen molar-refractivity contribution in [3.05, 3.63) is 65.4 Å². The number of halogens is 1. The predicted octanol–water partition coefficient (Wildman–Crippen LogP) is 3.51. The van der Waals surface area contributed by atoms with Crippen molar-refractivity contribution in [2.75, 3.05) is 50.8 Å². The highest BCUT2D eigenvalue weighted by atomic mass is 35.5. The molecule has 3 amide bonds. The van der Waals surface area contributed by atoms with Gasteiger partial charge in [0, 0.05) is 38.6 Å². The molecule has 0 unspecified atom stereocenters. The van der Waals surface area contributed by atoms with Gasteiger partial charge >= 0.3 is 6.03 Å². The van der Waals surface area contributed by atoms with E-state index in [0.717, 1.165) is 44.1 Å². The number of sulfone groups is 1. The van der Waals surface area contributed by atoms with Crippen molar-refractivity contribution in [3.8, 4) is 5.69 Å². The highest BCUT2D eigenvalue weighted by molar-refractivity contribution is 7.91. The Morgan fingerprint density at radius 3 is 2.65 bits per heavy atom. The van der Waals surface area contributed by atoms with E-state index < -0.39 is 21.8 Å². The Bertz CT molecular complexity index is 1630. The van der Waals surface area contributed by atoms with Crippen LogP contribution in [0.5, 0.6) is 0 Å². The van der Waals surface area contributed by atoms with Crippen molar-refractivity contribution in [2.24, 2.45) is 0 Å². The number of piperazine rings is 1. The standard InChI is InChI=1S/C26H28ClN7O4S2/c1-32-12-14-33(15-13-32)10-4-16-40(37,38)18-7-8-20-22(17-18)39-26(29-20)31-25(36)30-24(35)19-5-2-6-21(23(19)27)34-11-3-9-28-34/h2-3,5-9,11,17H,4,10,12-16H2,1H3,(H2,29,30,31,35,36). The van der Waals surface area contributed by atoms with E-state index in [0.29, 0.717) is 22.3 Å². The van der Waals surface area contributed by atoms with Gasteiger partial charge in [-0.2, -0.15) is 5.10 Å². The zero-order chi connectivity index (χ0) is 28.3. The molecule has 1 saturated heterocycles. The lowest BCUT2D eigenvalue weighted by Crippen LogP contribution is -2.44. The monoisotopic (exact) mass is 601 g/mol. The Morgan fingerprint density at radius 1 is 1.10 bits per heavy atom. The minimum atomic E-state index is -3.47. The maximum absolute atomic E-state index is 13.0. The Balaban J connectivity index is 1.20. The molecule has 0 saturated carbocycles. The minimum Gasteiger partial charge on any atom is -0.304 e. The van der Waals surface area contributed by atoms with Gasteiger partial charge in [0.25, 0.3) is 5.91 Å². The number of benzene rings is 2. The first-order chi connectivity index (χ1) is 19.2. The average Bonchev–Trinajstić information content (AvgIpc) is 3.59. The average molecular weight is 602 g/mol. The summed E-state index contributed by atoms with van der Waals surface area (Å²) in [7, 11) is -1.38. The SMILES string of the molecule is CN1CCN(CCCS(=O)(=O)c2ccc3nc(NC(=O)NC(=O)c4cccc(-n5cccn5)c4Cl)sc3c2)CC1. The number of thiazole rings is 1. The summed E-state index contributed by atoms with van der Waals surface area (Å²) in [6, 6.07) is 10.5. The quantitative estimate of drug-likeness (QED) is 0.314. The van der Waals surface area contributed by atoms with Crippen LogP contribution in [0.25, 0.3) is 15.9 Å². The molecular weight excluding hydrogens is 574 g/mol. The van der Waals surface area contributed by atoms with Crippen molar-refractivity contribution in [1.29, 1.82) is 0 Å². The summed E-state index contributed by atoms with van der Waals surface area (Å²) in [4.78, 5) is 34.4. The molecule has 0 radical (unpaired) electrons. The van der Waals surface area contributed by atoms with Crippen LogP contribution in [0, 0.1) is 0 Å². The fourth-order valence-corrected chi connectivity index (χ4v) is 6.99. The van der Waals surface area contributed by atoms with Crippen LogP contribution in [-0.4, -0.2) is 90.4 Å². The number of hydrogen-bond acceptors (Lipinski definition) is 9. The van der Waals surface area contributed by atoms with Gasteiger partial charge in [0.2, 0.25) is 0 Å². The molecule has 0 spiro atoms. The van der Waals surface area contributed by atoms with Crippen molar-refractivity contribution in [3.63, 3.8) is 0 Å². The molecule has 0 aliphatic carbocycles. The number of nitrogens with one attached hydrogen (secondary N) is 2. The van der Waals surface area contributed by atoms with E-state index >= 15 is 0 Å². The lowest BCUT2D eigenvalue weighted by atomic mass is 10.2. The van der Waals surface area contributed by atoms with Gasteiger partial charge in [0.15, 0.2) is 15.0 Å². The van der Waals surface area contributed by atoms with Crippen LogP contribution < -0.4 is 10.6 Å². The van der Waals surface area contributed by atoms with Crippen molar-refractivity contribution in [2.45, 2.75) is 11.3 Å². The van der Waals surface area contributed by atoms with Gasteiger partial charge in [0.1, 0.15) is 0 Å². The fourth-order valence-electron chi connectivity index (χ4n) is 4.40. The van der Waals surface area contributed by atoms with E-state index in [2.05, 4.69) is 37.6 Å². The number of nitrogens with zero attached hydrogens (tertiary/aromatic N) is 5. The summed E-state index contributed by atoms with van der Waals surface area (Å²) in [6.45, 7) is 4.62. The fraction of sp³-hybridized carbons (Fsp3) is 0.308. The number of carbonyl (C=O) groups excluding carboxylic acids is 2. The van der Waals surface area contributed by atoms with Crippen LogP contribution in [0.3, 0.4) is 0 Å². The number of aromatic nitrogens is 3. The van der Waals surface area contributed by atoms with Crippen LogP contribution >= 0.6 is 22.9 Å². The number of imide groups is 1. The Labute approximate surface area is 240 Å². The van der Waals surface area contributed by atoms with Crippen LogP contribution in [0.1, 0.15) is 16.8 Å². The van der Waals surface area contributed by atoms with E-state index in [1.54, 1.807) is 42.7 Å². The number of carbonyl (C=O) groups is 2. The molecule has 210 valence electrons. The van der Waals surface area contributed by atoms with E-state index in [9.17, 15) is 18.0 Å². The molecular formula is C26H28ClN7O4S2. The largest absolute Gasteiger partial charge is 0.327 e. The van der Waals surface area contributed by atoms with Gasteiger partial charge in [0.05, 0.1) is 37.1 Å². The molecule has 14 heteroatoms. The molecule has 2 N–H and O–H groups in total. The van der Waals surface area contributed by atoms with Gasteiger partial charge in [-0.25, -0.2) is 22.9 Å². The van der Waals surface area contributed by atoms with Gasteiger partial charge in [-0.15, -0.1) is 0 Å². The molecule has 2 aromatic carbocycles. The maximum atomic E-state index is 13.0. The molecule has 3 heterocycles. The predicted molar refractivity (Wildman–Crippen MR) is 155 cm³/mol. The Kier molecular flexibility index (Phi) is 8.47. The highest BCUT2D eigenvalue weighted by Crippen LogP contribution is 2.29. The molecule has 1 aliphatic rings. The first kappa shape index (κ1) is 28.2. The van der Waals surface area contributed by atoms with Crippen molar-refractivity contribution in [1.82, 2.24) is 29.9 Å². The second-order valence-electron chi connectivity index (χ2n) is 9.46. The van der Waals surface area contributed by atoms with Gasteiger partial charge in [-0.1, -0.05) is 29.0 Å². The summed E-state index contributed by atoms with van der Waals surface area (Å²) < 4.78 is 28.0. The molecule has 5 rings (SSSR count). The summed E-state index contributed by atoms with van der Waals surface area (Å²) in [5, 5.41) is 9.28. The van der Waals surface area contributed by atoms with E-state index in [-0.39, 0.29) is 26.4 Å². The van der Waals surface area contributed by atoms with Gasteiger partial charge in [-0.05, 0) is 56.4 Å². The van der Waals surface area contributed by atoms with Gasteiger partial charge in [-0.3, -0.25) is 15.4 Å². The smallest absolute Gasteiger partial charge is 0.304 e. The van der Waals surface area contributed by atoms with Crippen LogP contribution in [0.4, 0.5) is 9.93 Å². The summed E-state index contributed by atoms with van der Waals surface area (Å²) in [5.74, 6) is -0.633. The normalized spacial score (nSPS) is 14.8. The second-order valence-corrected chi connectivity index (χ2v) is 13.0. The molecule has 11 nitrogen and oxygen atoms in total. The lowest BCUT2D eigenvalue weighted by Gasteiger charge is -2.32. The zero-order valence-electron chi connectivity index (χ0n) is 21.7. The molecule has 1 fully saturated rings. The summed E-state index contributed by atoms with van der Waals surface area (Å²) >= 11 is 7.52. The molecule has 0 bridgehead atoms. The number of urea groups is 1. The van der Waals surface area contributed by atoms with E-state index in [1.807, 2.05) is 0 Å². The second kappa shape index (κ2) is 12.0. The lowest BCUT2D eigenvalue weighted by molar-refractivity contribution is 0.0967. The number of likely N-dealkylation sites (N-methyl/N-ethyl adjacent to an activating group) is 1. The first-order valence-corrected chi connectivity index (χ1v) is 15.5. The number of rotatable bonds is 8. The highest BCUT2D eigenvalue weighted by Gasteiger charge is 2.20. The van der Waals surface area contributed by atoms with Crippen molar-refractivity contribution >= 4 is 60.1 Å². The summed E-state index contributed by atoms with van der Waals surface area (Å²) in [5.41, 5.74) is 1.14. The molecule has 40 heavy (non-hydrogen) atoms. The molecule has 1 aliphatic heterocycles. The third-order valence-corrected chi connectivity index (χ3v) is 9.75. The molecule has 0 atom stereocenters.